The summed E-state index contributed by atoms with van der Waals surface area (Å²) in [6.45, 7) is 12.1. The zero-order valence-corrected chi connectivity index (χ0v) is 31.4. The van der Waals surface area contributed by atoms with Crippen molar-refractivity contribution in [1.82, 2.24) is 9.96 Å². The molecule has 0 aromatic heterocycles. The average Bonchev–Trinajstić information content (AvgIpc) is 3.32. The Kier molecular flexibility index (Phi) is 15.3. The molecule has 0 spiro atoms. The van der Waals surface area contributed by atoms with Crippen molar-refractivity contribution < 1.29 is 28.6 Å². The number of aliphatic carboxylic acids is 1. The number of fused-ring (bicyclic) bond motifs is 1. The predicted molar refractivity (Wildman–Crippen MR) is 202 cm³/mol. The van der Waals surface area contributed by atoms with E-state index in [1.807, 2.05) is 60.8 Å². The van der Waals surface area contributed by atoms with Crippen LogP contribution in [0.5, 0.6) is 0 Å². The number of carboxylic acids is 1. The third-order valence-corrected chi connectivity index (χ3v) is 9.56. The second kappa shape index (κ2) is 18.6. The van der Waals surface area contributed by atoms with E-state index < -0.39 is 11.4 Å². The molecule has 12 heteroatoms. The Balaban J connectivity index is 1.88. The van der Waals surface area contributed by atoms with E-state index in [0.717, 1.165) is 65.4 Å². The Morgan fingerprint density at radius 1 is 1.06 bits per heavy atom. The maximum Gasteiger partial charge on any atom is 0.303 e. The fraction of sp³-hybridized carbons (Fsp3) is 0.486. The Bertz CT molecular complexity index is 1470. The monoisotopic (exact) mass is 712 g/mol. The molecule has 1 aromatic rings. The van der Waals surface area contributed by atoms with Crippen LogP contribution in [-0.4, -0.2) is 80.9 Å². The highest BCUT2D eigenvalue weighted by atomic mass is 32.2. The molecule has 1 aromatic carbocycles. The van der Waals surface area contributed by atoms with Gasteiger partial charge in [0.2, 0.25) is 0 Å². The normalized spacial score (nSPS) is 17.7. The number of carboxylic acid groups (broad SMARTS) is 1. The number of benzene rings is 1. The zero-order chi connectivity index (χ0) is 36.2. The molecule has 10 nitrogen and oxygen atoms in total. The number of anilines is 1. The molecule has 3 N–H and O–H groups in total. The maximum absolute atomic E-state index is 13.0. The van der Waals surface area contributed by atoms with Crippen molar-refractivity contribution in [2.45, 2.75) is 77.8 Å². The number of hydrogen-bond acceptors (Lipinski definition) is 10. The van der Waals surface area contributed by atoms with Crippen molar-refractivity contribution >= 4 is 47.4 Å². The SMILES string of the molecule is CON(C)C(=O)C1=CN(CCCSO)C2N=C(/C=C/C=C/C=C(/N(CCCCCC(=O)O)c3ccc(SO)cc3)C(C)(C)C)C(C)(C)C2=C1. The summed E-state index contributed by atoms with van der Waals surface area (Å²) in [5.74, 6) is -0.427. The number of amides is 1. The van der Waals surface area contributed by atoms with Crippen LogP contribution in [0.1, 0.15) is 66.7 Å². The van der Waals surface area contributed by atoms with Crippen LogP contribution in [0.2, 0.25) is 0 Å². The highest BCUT2D eigenvalue weighted by Crippen LogP contribution is 2.43. The molecule has 1 amide bonds. The minimum absolute atomic E-state index is 0.168. The van der Waals surface area contributed by atoms with Crippen LogP contribution in [0.25, 0.3) is 0 Å². The summed E-state index contributed by atoms with van der Waals surface area (Å²) in [5.41, 5.74) is 3.95. The molecule has 2 aliphatic rings. The second-order valence-electron chi connectivity index (χ2n) is 13.6. The number of hydroxylamine groups is 2. The number of unbranched alkanes of at least 4 members (excludes halogenated alkanes) is 2. The topological polar surface area (TPSA) is 126 Å². The van der Waals surface area contributed by atoms with E-state index in [4.69, 9.17) is 14.9 Å². The second-order valence-corrected chi connectivity index (χ2v) is 14.9. The summed E-state index contributed by atoms with van der Waals surface area (Å²) in [6, 6.07) is 7.79. The van der Waals surface area contributed by atoms with Gasteiger partial charge in [0.15, 0.2) is 0 Å². The van der Waals surface area contributed by atoms with Crippen molar-refractivity contribution in [1.29, 1.82) is 0 Å². The molecule has 0 bridgehead atoms. The fourth-order valence-electron chi connectivity index (χ4n) is 5.83. The molecule has 2 heterocycles. The van der Waals surface area contributed by atoms with E-state index >= 15 is 0 Å². The summed E-state index contributed by atoms with van der Waals surface area (Å²) >= 11 is 1.53. The lowest BCUT2D eigenvalue weighted by Gasteiger charge is -2.35. The highest BCUT2D eigenvalue weighted by Gasteiger charge is 2.43. The van der Waals surface area contributed by atoms with Gasteiger partial charge in [0.05, 0.1) is 12.7 Å². The first-order valence-electron chi connectivity index (χ1n) is 16.6. The van der Waals surface area contributed by atoms with Gasteiger partial charge in [0, 0.05) is 83.4 Å². The molecule has 3 rings (SSSR count). The molecule has 49 heavy (non-hydrogen) atoms. The molecule has 268 valence electrons. The number of carbonyl (C=O) groups excluding carboxylic acids is 1. The minimum atomic E-state index is -0.772. The zero-order valence-electron chi connectivity index (χ0n) is 29.8. The predicted octanol–water partition coefficient (Wildman–Crippen LogP) is 8.29. The Hall–Kier alpha value is -3.29. The summed E-state index contributed by atoms with van der Waals surface area (Å²) in [4.78, 5) is 39.4. The van der Waals surface area contributed by atoms with Gasteiger partial charge in [-0.15, -0.1) is 0 Å². The number of carbonyl (C=O) groups is 2. The molecule has 0 radical (unpaired) electrons. The minimum Gasteiger partial charge on any atom is -0.481 e. The summed E-state index contributed by atoms with van der Waals surface area (Å²) in [7, 11) is 3.05. The number of aliphatic imine (C=N–C) groups is 1. The van der Waals surface area contributed by atoms with Crippen molar-refractivity contribution in [3.05, 3.63) is 83.8 Å². The van der Waals surface area contributed by atoms with E-state index in [1.54, 1.807) is 7.05 Å². The van der Waals surface area contributed by atoms with Crippen molar-refractivity contribution in [2.24, 2.45) is 15.8 Å². The van der Waals surface area contributed by atoms with Crippen LogP contribution in [0.15, 0.2) is 93.7 Å². The molecular formula is C37H52N4O6S2. The number of rotatable bonds is 18. The number of likely N-dealkylation sites (N-methyl/N-ethyl adjacent to an activating group) is 1. The lowest BCUT2D eigenvalue weighted by Crippen LogP contribution is -2.38. The molecule has 1 unspecified atom stereocenters. The summed E-state index contributed by atoms with van der Waals surface area (Å²) in [5, 5.41) is 10.3. The number of hydrogen-bond donors (Lipinski definition) is 3. The molecular weight excluding hydrogens is 661 g/mol. The fourth-order valence-corrected chi connectivity index (χ4v) is 6.34. The molecule has 1 atom stereocenters. The van der Waals surface area contributed by atoms with Gasteiger partial charge in [-0.25, -0.2) is 5.06 Å². The van der Waals surface area contributed by atoms with Crippen LogP contribution in [0, 0.1) is 10.8 Å². The van der Waals surface area contributed by atoms with Gasteiger partial charge < -0.3 is 24.0 Å². The van der Waals surface area contributed by atoms with Gasteiger partial charge in [-0.05, 0) is 79.4 Å². The van der Waals surface area contributed by atoms with Gasteiger partial charge in [0.25, 0.3) is 5.91 Å². The van der Waals surface area contributed by atoms with Crippen LogP contribution >= 0.6 is 24.1 Å². The van der Waals surface area contributed by atoms with Crippen LogP contribution in [-0.2, 0) is 14.4 Å². The first-order chi connectivity index (χ1) is 23.2. The van der Waals surface area contributed by atoms with E-state index in [9.17, 15) is 18.7 Å². The summed E-state index contributed by atoms with van der Waals surface area (Å²) in [6.07, 6.45) is 16.9. The standard InChI is InChI=1S/C37H52N4O6S2/c1-36(2,3)32(41(23-13-9-12-17-33(42)43)28-18-20-29(49-46)21-19-28)16-11-8-10-15-31-37(4,5)30-25-27(35(44)39(6)47-7)26-40(34(30)38-31)22-14-24-48-45/h8,10-11,15-16,18-21,25-26,34,45-46H,9,12-14,17,22-24H2,1-7H3,(H,42,43)/b11-8+,15-10+,32-16+. The van der Waals surface area contributed by atoms with Gasteiger partial charge in [-0.3, -0.25) is 19.4 Å². The third-order valence-electron chi connectivity index (χ3n) is 8.61. The molecule has 0 saturated carbocycles. The van der Waals surface area contributed by atoms with Gasteiger partial charge in [0.1, 0.15) is 6.17 Å². The van der Waals surface area contributed by atoms with Gasteiger partial charge in [-0.1, -0.05) is 59.3 Å². The van der Waals surface area contributed by atoms with Gasteiger partial charge >= 0.3 is 5.97 Å². The lowest BCUT2D eigenvalue weighted by atomic mass is 9.78. The number of allylic oxidation sites excluding steroid dienone is 6. The quantitative estimate of drug-likeness (QED) is 0.0592. The highest BCUT2D eigenvalue weighted by molar-refractivity contribution is 7.93. The number of nitrogens with zero attached hydrogens (tertiary/aromatic N) is 4. The molecule has 0 saturated heterocycles. The Morgan fingerprint density at radius 3 is 2.39 bits per heavy atom. The first kappa shape index (κ1) is 40.1. The Labute approximate surface area is 300 Å². The van der Waals surface area contributed by atoms with E-state index in [1.165, 1.54) is 12.2 Å². The molecule has 0 aliphatic carbocycles. The maximum atomic E-state index is 13.0. The van der Waals surface area contributed by atoms with E-state index in [0.29, 0.717) is 36.3 Å². The van der Waals surface area contributed by atoms with Crippen molar-refractivity contribution in [3.63, 3.8) is 0 Å². The first-order valence-corrected chi connectivity index (χ1v) is 18.3. The molecule has 2 aliphatic heterocycles. The molecule has 0 fully saturated rings. The van der Waals surface area contributed by atoms with Crippen molar-refractivity contribution in [2.75, 3.05) is 37.9 Å². The smallest absolute Gasteiger partial charge is 0.303 e. The van der Waals surface area contributed by atoms with E-state index in [-0.39, 0.29) is 23.9 Å². The third kappa shape index (κ3) is 11.1. The van der Waals surface area contributed by atoms with Gasteiger partial charge in [-0.2, -0.15) is 0 Å². The van der Waals surface area contributed by atoms with Crippen LogP contribution < -0.4 is 4.90 Å². The summed E-state index contributed by atoms with van der Waals surface area (Å²) < 4.78 is 18.8. The van der Waals surface area contributed by atoms with Crippen LogP contribution in [0.4, 0.5) is 5.69 Å². The van der Waals surface area contributed by atoms with Crippen LogP contribution in [0.3, 0.4) is 0 Å². The van der Waals surface area contributed by atoms with Crippen molar-refractivity contribution in [3.8, 4) is 0 Å². The van der Waals surface area contributed by atoms with E-state index in [2.05, 4.69) is 50.5 Å². The lowest BCUT2D eigenvalue weighted by molar-refractivity contribution is -0.163. The largest absolute Gasteiger partial charge is 0.481 e. The Morgan fingerprint density at radius 2 is 1.78 bits per heavy atom. The average molecular weight is 713 g/mol.